The van der Waals surface area contributed by atoms with Crippen molar-refractivity contribution < 1.29 is 19.9 Å². The highest BCUT2D eigenvalue weighted by Crippen LogP contribution is 2.27. The van der Waals surface area contributed by atoms with E-state index in [0.29, 0.717) is 0 Å². The summed E-state index contributed by atoms with van der Waals surface area (Å²) in [5, 5.41) is 32.7. The van der Waals surface area contributed by atoms with Gasteiger partial charge in [0.2, 0.25) is 5.91 Å². The minimum Gasteiger partial charge on any atom is -0.390 e. The van der Waals surface area contributed by atoms with Crippen molar-refractivity contribution in [2.75, 3.05) is 6.54 Å². The van der Waals surface area contributed by atoms with Gasteiger partial charge in [0.15, 0.2) is 0 Å². The van der Waals surface area contributed by atoms with Gasteiger partial charge in [0.05, 0.1) is 11.0 Å². The Morgan fingerprint density at radius 1 is 1.60 bits per heavy atom. The monoisotopic (exact) mass is 303 g/mol. The molecule has 0 aliphatic rings. The van der Waals surface area contributed by atoms with Gasteiger partial charge in [-0.25, -0.2) is 4.98 Å². The number of nitrogens with one attached hydrogen (secondary N) is 1. The number of carbonyl (C=O) groups is 1. The first-order chi connectivity index (χ1) is 9.32. The van der Waals surface area contributed by atoms with Crippen LogP contribution in [0.4, 0.5) is 5.69 Å². The molecule has 0 aromatic carbocycles. The highest BCUT2D eigenvalue weighted by molar-refractivity contribution is 6.30. The van der Waals surface area contributed by atoms with Gasteiger partial charge in [-0.05, 0) is 6.42 Å². The Bertz CT molecular complexity index is 511. The van der Waals surface area contributed by atoms with E-state index in [9.17, 15) is 25.1 Å². The van der Waals surface area contributed by atoms with Crippen LogP contribution in [0.15, 0.2) is 12.3 Å². The summed E-state index contributed by atoms with van der Waals surface area (Å²) in [6.45, 7) is 1.48. The molecule has 110 valence electrons. The maximum absolute atomic E-state index is 10.7. The number of amides is 1. The molecule has 0 saturated carbocycles. The standard InChI is InChI=1S/C11H14ClN3O5/c1-6(16)13-3-2-9(17)10(18)8-4-7(15(19)20)5-14-11(8)12/h4-5,9-10,17-18H,2-3H2,1H3,(H,13,16). The fourth-order valence-corrected chi connectivity index (χ4v) is 1.74. The molecular formula is C11H14ClN3O5. The second-order valence-electron chi connectivity index (χ2n) is 4.11. The molecule has 0 aliphatic heterocycles. The summed E-state index contributed by atoms with van der Waals surface area (Å²) >= 11 is 5.75. The Hall–Kier alpha value is -1.77. The predicted molar refractivity (Wildman–Crippen MR) is 70.2 cm³/mol. The van der Waals surface area contributed by atoms with Gasteiger partial charge in [0.25, 0.3) is 5.69 Å². The minimum absolute atomic E-state index is 0.0313. The molecule has 0 spiro atoms. The van der Waals surface area contributed by atoms with E-state index in [-0.39, 0.29) is 35.3 Å². The smallest absolute Gasteiger partial charge is 0.288 e. The molecule has 1 heterocycles. The summed E-state index contributed by atoms with van der Waals surface area (Å²) in [4.78, 5) is 24.2. The minimum atomic E-state index is -1.43. The summed E-state index contributed by atoms with van der Waals surface area (Å²) in [6, 6.07) is 1.06. The van der Waals surface area contributed by atoms with E-state index in [1.54, 1.807) is 0 Å². The number of hydrogen-bond acceptors (Lipinski definition) is 6. The van der Waals surface area contributed by atoms with E-state index >= 15 is 0 Å². The zero-order valence-electron chi connectivity index (χ0n) is 10.6. The highest BCUT2D eigenvalue weighted by atomic mass is 35.5. The lowest BCUT2D eigenvalue weighted by atomic mass is 10.0. The molecule has 0 aliphatic carbocycles. The summed E-state index contributed by atoms with van der Waals surface area (Å²) in [6.07, 6.45) is -1.63. The fraction of sp³-hybridized carbons (Fsp3) is 0.455. The summed E-state index contributed by atoms with van der Waals surface area (Å²) in [7, 11) is 0. The fourth-order valence-electron chi connectivity index (χ4n) is 1.52. The molecule has 0 fully saturated rings. The van der Waals surface area contributed by atoms with E-state index in [1.807, 2.05) is 0 Å². The predicted octanol–water partition coefficient (Wildman–Crippen LogP) is 0.564. The largest absolute Gasteiger partial charge is 0.390 e. The molecule has 1 aromatic rings. The summed E-state index contributed by atoms with van der Waals surface area (Å²) in [5.74, 6) is -0.262. The molecule has 1 amide bonds. The van der Waals surface area contributed by atoms with Crippen LogP contribution in [0.2, 0.25) is 5.15 Å². The average molecular weight is 304 g/mol. The maximum atomic E-state index is 10.7. The second-order valence-corrected chi connectivity index (χ2v) is 4.47. The van der Waals surface area contributed by atoms with Gasteiger partial charge >= 0.3 is 0 Å². The van der Waals surface area contributed by atoms with Gasteiger partial charge in [0, 0.05) is 25.1 Å². The highest BCUT2D eigenvalue weighted by Gasteiger charge is 2.23. The van der Waals surface area contributed by atoms with Gasteiger partial charge in [0.1, 0.15) is 17.5 Å². The third kappa shape index (κ3) is 4.41. The van der Waals surface area contributed by atoms with E-state index in [1.165, 1.54) is 6.92 Å². The Kier molecular flexibility index (Phi) is 5.81. The summed E-state index contributed by atoms with van der Waals surface area (Å²) < 4.78 is 0. The lowest BCUT2D eigenvalue weighted by Gasteiger charge is -2.18. The normalized spacial score (nSPS) is 13.6. The topological polar surface area (TPSA) is 126 Å². The molecule has 9 heteroatoms. The van der Waals surface area contributed by atoms with Crippen LogP contribution in [-0.2, 0) is 4.79 Å². The number of nitro groups is 1. The number of hydrogen-bond donors (Lipinski definition) is 3. The van der Waals surface area contributed by atoms with Crippen LogP contribution in [0.25, 0.3) is 0 Å². The average Bonchev–Trinajstić information content (AvgIpc) is 2.37. The van der Waals surface area contributed by atoms with Gasteiger partial charge in [-0.3, -0.25) is 14.9 Å². The van der Waals surface area contributed by atoms with Crippen molar-refractivity contribution in [3.63, 3.8) is 0 Å². The molecule has 8 nitrogen and oxygen atoms in total. The van der Waals surface area contributed by atoms with Crippen molar-refractivity contribution in [1.29, 1.82) is 0 Å². The number of rotatable bonds is 6. The van der Waals surface area contributed by atoms with Crippen LogP contribution in [0, 0.1) is 10.1 Å². The number of aromatic nitrogens is 1. The Labute approximate surface area is 119 Å². The number of aliphatic hydroxyl groups excluding tert-OH is 2. The number of carbonyl (C=O) groups excluding carboxylic acids is 1. The first-order valence-corrected chi connectivity index (χ1v) is 6.11. The molecule has 0 bridgehead atoms. The molecule has 2 atom stereocenters. The van der Waals surface area contributed by atoms with Gasteiger partial charge < -0.3 is 15.5 Å². The van der Waals surface area contributed by atoms with E-state index < -0.39 is 17.1 Å². The van der Waals surface area contributed by atoms with Crippen molar-refractivity contribution in [2.24, 2.45) is 0 Å². The lowest BCUT2D eigenvalue weighted by Crippen LogP contribution is -2.27. The number of aliphatic hydroxyl groups is 2. The van der Waals surface area contributed by atoms with Crippen molar-refractivity contribution in [3.8, 4) is 0 Å². The van der Waals surface area contributed by atoms with Crippen LogP contribution in [-0.4, -0.2) is 38.7 Å². The SMILES string of the molecule is CC(=O)NCCC(O)C(O)c1cc([N+](=O)[O-])cnc1Cl. The van der Waals surface area contributed by atoms with Crippen LogP contribution in [0.5, 0.6) is 0 Å². The van der Waals surface area contributed by atoms with Gasteiger partial charge in [-0.15, -0.1) is 0 Å². The third-order valence-electron chi connectivity index (χ3n) is 2.56. The molecule has 3 N–H and O–H groups in total. The van der Waals surface area contributed by atoms with E-state index in [4.69, 9.17) is 11.6 Å². The van der Waals surface area contributed by atoms with Crippen molar-refractivity contribution in [3.05, 3.63) is 33.1 Å². The number of pyridine rings is 1. The number of nitrogens with zero attached hydrogens (tertiary/aromatic N) is 2. The molecule has 1 rings (SSSR count). The molecular weight excluding hydrogens is 290 g/mol. The second kappa shape index (κ2) is 7.13. The van der Waals surface area contributed by atoms with Crippen LogP contribution < -0.4 is 5.32 Å². The Morgan fingerprint density at radius 2 is 2.25 bits per heavy atom. The lowest BCUT2D eigenvalue weighted by molar-refractivity contribution is -0.385. The van der Waals surface area contributed by atoms with Crippen molar-refractivity contribution in [1.82, 2.24) is 10.3 Å². The molecule has 20 heavy (non-hydrogen) atoms. The Morgan fingerprint density at radius 3 is 2.80 bits per heavy atom. The zero-order valence-corrected chi connectivity index (χ0v) is 11.4. The third-order valence-corrected chi connectivity index (χ3v) is 2.88. The van der Waals surface area contributed by atoms with Crippen molar-refractivity contribution in [2.45, 2.75) is 25.6 Å². The van der Waals surface area contributed by atoms with Gasteiger partial charge in [-0.2, -0.15) is 0 Å². The van der Waals surface area contributed by atoms with E-state index in [0.717, 1.165) is 12.3 Å². The number of halogens is 1. The van der Waals surface area contributed by atoms with Crippen LogP contribution in [0.1, 0.15) is 25.0 Å². The first-order valence-electron chi connectivity index (χ1n) is 5.73. The Balaban J connectivity index is 2.79. The quantitative estimate of drug-likeness (QED) is 0.400. The maximum Gasteiger partial charge on any atom is 0.288 e. The molecule has 0 radical (unpaired) electrons. The molecule has 1 aromatic heterocycles. The first kappa shape index (κ1) is 16.3. The zero-order chi connectivity index (χ0) is 15.3. The van der Waals surface area contributed by atoms with Crippen LogP contribution >= 0.6 is 11.6 Å². The van der Waals surface area contributed by atoms with Gasteiger partial charge in [-0.1, -0.05) is 11.6 Å². The molecule has 2 unspecified atom stereocenters. The van der Waals surface area contributed by atoms with Crippen LogP contribution in [0.3, 0.4) is 0 Å². The van der Waals surface area contributed by atoms with E-state index in [2.05, 4.69) is 10.3 Å². The van der Waals surface area contributed by atoms with Crippen molar-refractivity contribution >= 4 is 23.2 Å². The summed E-state index contributed by atoms with van der Waals surface area (Å²) in [5.41, 5.74) is -0.367. The molecule has 0 saturated heterocycles.